The Labute approximate surface area is 392 Å². The molecule has 0 saturated carbocycles. The van der Waals surface area contributed by atoms with Crippen molar-refractivity contribution in [3.05, 3.63) is 223 Å². The van der Waals surface area contributed by atoms with Crippen molar-refractivity contribution in [2.24, 2.45) is 0 Å². The van der Waals surface area contributed by atoms with Crippen molar-refractivity contribution in [2.45, 2.75) is 33.6 Å². The van der Waals surface area contributed by atoms with Gasteiger partial charge in [-0.2, -0.15) is 0 Å². The molecule has 0 N–H and O–H groups in total. The van der Waals surface area contributed by atoms with Crippen LogP contribution in [0.1, 0.15) is 38.3 Å². The van der Waals surface area contributed by atoms with Gasteiger partial charge in [-0.15, -0.1) is 0 Å². The van der Waals surface area contributed by atoms with E-state index in [1.165, 1.54) is 148 Å². The van der Waals surface area contributed by atoms with E-state index in [0.717, 1.165) is 12.8 Å². The van der Waals surface area contributed by atoms with Crippen LogP contribution in [0.15, 0.2) is 206 Å². The standard InChI is InChI=1S/C65H42.C2H6/c1-2-19-43-49-34-36-52-63-53(65-59(42-26-13-6-14-27-42)47-31-18-17-30-46(47)58(64(52)65)41-24-11-5-12-25-41)37-35-50(61(49)63)48-32-33-51-54(60(43)48)38-55-56(39-20-7-3-8-21-39)44-28-15-16-29-45(44)57(62(51)55)40-22-9-4-10-23-40;1-2/h3-37H,2,38H2,1H3;1-2H3/b43-19-;. The summed E-state index contributed by atoms with van der Waals surface area (Å²) < 4.78 is 0. The van der Waals surface area contributed by atoms with Crippen molar-refractivity contribution in [1.29, 1.82) is 0 Å². The minimum absolute atomic E-state index is 0.872. The summed E-state index contributed by atoms with van der Waals surface area (Å²) in [6, 6.07) is 77.3. The van der Waals surface area contributed by atoms with Crippen LogP contribution in [0, 0.1) is 0 Å². The summed E-state index contributed by atoms with van der Waals surface area (Å²) >= 11 is 0. The molecule has 0 heterocycles. The number of hydrogen-bond acceptors (Lipinski definition) is 0. The quantitative estimate of drug-likeness (QED) is 0.120. The van der Waals surface area contributed by atoms with Gasteiger partial charge < -0.3 is 0 Å². The zero-order valence-electron chi connectivity index (χ0n) is 38.1. The Morgan fingerprint density at radius 2 is 0.672 bits per heavy atom. The molecule has 12 aromatic rings. The van der Waals surface area contributed by atoms with Crippen LogP contribution < -0.4 is 5.22 Å². The summed E-state index contributed by atoms with van der Waals surface area (Å²) in [5, 5.41) is 14.7. The van der Waals surface area contributed by atoms with Gasteiger partial charge >= 0.3 is 0 Å². The first-order valence-electron chi connectivity index (χ1n) is 24.1. The monoisotopic (exact) mass is 852 g/mol. The molecule has 0 fully saturated rings. The summed E-state index contributed by atoms with van der Waals surface area (Å²) in [6.45, 7) is 6.30. The first-order chi connectivity index (χ1) is 33.3. The van der Waals surface area contributed by atoms with Gasteiger partial charge in [-0.25, -0.2) is 0 Å². The molecular formula is C67H48. The van der Waals surface area contributed by atoms with Crippen molar-refractivity contribution in [1.82, 2.24) is 0 Å². The highest BCUT2D eigenvalue weighted by molar-refractivity contribution is 6.35. The molecule has 12 aromatic carbocycles. The third-order valence-corrected chi connectivity index (χ3v) is 14.7. The highest BCUT2D eigenvalue weighted by Crippen LogP contribution is 2.60. The summed E-state index contributed by atoms with van der Waals surface area (Å²) in [5.74, 6) is 0. The Balaban J connectivity index is 0.00000220. The van der Waals surface area contributed by atoms with E-state index in [1.807, 2.05) is 13.8 Å². The summed E-state index contributed by atoms with van der Waals surface area (Å²) in [6.07, 6.45) is 4.33. The van der Waals surface area contributed by atoms with Gasteiger partial charge in [0, 0.05) is 0 Å². The molecule has 0 amide bonds. The lowest BCUT2D eigenvalue weighted by molar-refractivity contribution is 1.28. The molecule has 0 saturated heterocycles. The van der Waals surface area contributed by atoms with E-state index >= 15 is 0 Å². The number of hydrogen-bond donors (Lipinski definition) is 0. The molecule has 0 nitrogen and oxygen atoms in total. The Hall–Kier alpha value is -8.06. The summed E-state index contributed by atoms with van der Waals surface area (Å²) in [5.41, 5.74) is 21.3. The van der Waals surface area contributed by atoms with Crippen molar-refractivity contribution in [2.75, 3.05) is 0 Å². The molecule has 0 heteroatoms. The Morgan fingerprint density at radius 1 is 0.299 bits per heavy atom. The van der Waals surface area contributed by atoms with Crippen LogP contribution in [0.25, 0.3) is 138 Å². The minimum Gasteiger partial charge on any atom is -0.0763 e. The predicted molar refractivity (Wildman–Crippen MR) is 290 cm³/mol. The number of benzene rings is 12. The lowest BCUT2D eigenvalue weighted by Gasteiger charge is -2.20. The van der Waals surface area contributed by atoms with E-state index in [9.17, 15) is 0 Å². The molecule has 0 radical (unpaired) electrons. The Bertz CT molecular complexity index is 3920. The Kier molecular flexibility index (Phi) is 9.12. The molecule has 2 aliphatic carbocycles. The summed E-state index contributed by atoms with van der Waals surface area (Å²) in [4.78, 5) is 0. The smallest absolute Gasteiger partial charge is 0.0000435 e. The molecule has 316 valence electrons. The van der Waals surface area contributed by atoms with Gasteiger partial charge in [-0.3, -0.25) is 0 Å². The van der Waals surface area contributed by atoms with Crippen molar-refractivity contribution < 1.29 is 0 Å². The van der Waals surface area contributed by atoms with Crippen LogP contribution in [0.5, 0.6) is 0 Å². The summed E-state index contributed by atoms with van der Waals surface area (Å²) in [7, 11) is 0. The molecule has 0 spiro atoms. The van der Waals surface area contributed by atoms with E-state index in [-0.39, 0.29) is 0 Å². The molecule has 14 rings (SSSR count). The molecule has 0 atom stereocenters. The van der Waals surface area contributed by atoms with Gasteiger partial charge in [-0.1, -0.05) is 233 Å². The van der Waals surface area contributed by atoms with Gasteiger partial charge in [0.15, 0.2) is 0 Å². The van der Waals surface area contributed by atoms with Gasteiger partial charge in [0.05, 0.1) is 0 Å². The average molecular weight is 853 g/mol. The zero-order valence-corrected chi connectivity index (χ0v) is 38.1. The zero-order chi connectivity index (χ0) is 44.8. The maximum absolute atomic E-state index is 2.52. The maximum Gasteiger partial charge on any atom is -0.0000435 e. The second kappa shape index (κ2) is 15.5. The molecule has 0 unspecified atom stereocenters. The van der Waals surface area contributed by atoms with E-state index in [1.54, 1.807) is 0 Å². The van der Waals surface area contributed by atoms with E-state index in [4.69, 9.17) is 0 Å². The first-order valence-corrected chi connectivity index (χ1v) is 24.1. The maximum atomic E-state index is 2.52. The van der Waals surface area contributed by atoms with Gasteiger partial charge in [0.2, 0.25) is 0 Å². The van der Waals surface area contributed by atoms with E-state index in [2.05, 4.69) is 219 Å². The van der Waals surface area contributed by atoms with Crippen molar-refractivity contribution >= 4 is 59.9 Å². The second-order valence-electron chi connectivity index (χ2n) is 17.9. The fourth-order valence-corrected chi connectivity index (χ4v) is 12.3. The Morgan fingerprint density at radius 3 is 1.13 bits per heavy atom. The van der Waals surface area contributed by atoms with E-state index in [0.29, 0.717) is 0 Å². The van der Waals surface area contributed by atoms with Gasteiger partial charge in [0.25, 0.3) is 0 Å². The van der Waals surface area contributed by atoms with Crippen LogP contribution in [0.3, 0.4) is 0 Å². The molecule has 0 aliphatic heterocycles. The highest BCUT2D eigenvalue weighted by atomic mass is 14.4. The predicted octanol–water partition coefficient (Wildman–Crippen LogP) is 18.3. The third-order valence-electron chi connectivity index (χ3n) is 14.7. The van der Waals surface area contributed by atoms with Crippen LogP contribution in [-0.4, -0.2) is 0 Å². The minimum atomic E-state index is 0.872. The van der Waals surface area contributed by atoms with Crippen molar-refractivity contribution in [3.8, 4) is 77.9 Å². The SMILES string of the molecule is CC.CC/C=c1/c2ccc3c4c(ccc(c5ccc6c(c15)Cc1c-6c(-c5ccccc5)c5ccccc5c1-c1ccccc1)c42)-c1c-3c(-c2ccccc2)c2ccccc2c1-c1ccccc1. The lowest BCUT2D eigenvalue weighted by atomic mass is 9.82. The largest absolute Gasteiger partial charge is 0.0763 e. The molecular weight excluding hydrogens is 805 g/mol. The van der Waals surface area contributed by atoms with Crippen LogP contribution >= 0.6 is 0 Å². The fourth-order valence-electron chi connectivity index (χ4n) is 12.3. The highest BCUT2D eigenvalue weighted by Gasteiger charge is 2.34. The van der Waals surface area contributed by atoms with Gasteiger partial charge in [0.1, 0.15) is 0 Å². The van der Waals surface area contributed by atoms with Crippen LogP contribution in [0.4, 0.5) is 0 Å². The van der Waals surface area contributed by atoms with Crippen molar-refractivity contribution in [3.63, 3.8) is 0 Å². The molecule has 2 aliphatic rings. The van der Waals surface area contributed by atoms with Crippen LogP contribution in [0.2, 0.25) is 0 Å². The molecule has 0 bridgehead atoms. The number of rotatable bonds is 5. The van der Waals surface area contributed by atoms with E-state index < -0.39 is 0 Å². The average Bonchev–Trinajstić information content (AvgIpc) is 3.95. The van der Waals surface area contributed by atoms with Crippen LogP contribution in [-0.2, 0) is 6.42 Å². The molecule has 67 heavy (non-hydrogen) atoms. The second-order valence-corrected chi connectivity index (χ2v) is 17.9. The lowest BCUT2D eigenvalue weighted by Crippen LogP contribution is -2.08. The fraction of sp³-hybridized carbons (Fsp3) is 0.0746. The first kappa shape index (κ1) is 39.3. The third kappa shape index (κ3) is 5.60. The van der Waals surface area contributed by atoms with Gasteiger partial charge in [-0.05, 0) is 161 Å². The topological polar surface area (TPSA) is 0 Å². The number of fused-ring (bicyclic) bond motifs is 11. The normalized spacial score (nSPS) is 12.5. The molecule has 0 aromatic heterocycles.